The molecule has 0 aliphatic heterocycles. The van der Waals surface area contributed by atoms with Crippen LogP contribution in [0.5, 0.6) is 5.75 Å². The molecule has 0 amide bonds. The first kappa shape index (κ1) is 17.1. The van der Waals surface area contributed by atoms with Crippen LogP contribution in [0.4, 0.5) is 5.82 Å². The zero-order valence-electron chi connectivity index (χ0n) is 14.4. The van der Waals surface area contributed by atoms with Crippen molar-refractivity contribution in [2.75, 3.05) is 26.5 Å². The van der Waals surface area contributed by atoms with Gasteiger partial charge in [-0.25, -0.2) is 9.97 Å². The Morgan fingerprint density at radius 2 is 1.84 bits per heavy atom. The number of aromatic nitrogens is 2. The molecule has 0 spiro atoms. The van der Waals surface area contributed by atoms with E-state index in [9.17, 15) is 5.11 Å². The van der Waals surface area contributed by atoms with Crippen LogP contribution in [0.2, 0.25) is 0 Å². The second-order valence-corrected chi connectivity index (χ2v) is 5.93. The summed E-state index contributed by atoms with van der Waals surface area (Å²) in [4.78, 5) is 11.0. The van der Waals surface area contributed by atoms with Crippen molar-refractivity contribution in [2.45, 2.75) is 12.6 Å². The van der Waals surface area contributed by atoms with E-state index in [1.165, 1.54) is 0 Å². The van der Waals surface area contributed by atoms with Crippen molar-refractivity contribution in [3.05, 3.63) is 59.9 Å². The molecule has 0 saturated carbocycles. The Hall–Kier alpha value is -2.70. The molecule has 1 atom stereocenters. The largest absolute Gasteiger partial charge is 0.497 e. The molecule has 6 nitrogen and oxygen atoms in total. The maximum atomic E-state index is 9.84. The normalized spacial score (nSPS) is 12.5. The summed E-state index contributed by atoms with van der Waals surface area (Å²) < 4.78 is 5.18. The zero-order chi connectivity index (χ0) is 17.8. The van der Waals surface area contributed by atoms with E-state index in [-0.39, 0.29) is 12.6 Å². The minimum atomic E-state index is -0.165. The van der Waals surface area contributed by atoms with Gasteiger partial charge in [0, 0.05) is 5.39 Å². The number of methoxy groups -OCH3 is 1. The highest BCUT2D eigenvalue weighted by molar-refractivity contribution is 5.87. The van der Waals surface area contributed by atoms with Crippen molar-refractivity contribution < 1.29 is 9.84 Å². The molecular weight excluding hydrogens is 316 g/mol. The standard InChI is InChI=1S/C19H22N4O2/c1-23(17(12-24)13-7-9-14(25-2)10-8-13)11-18-21-16-6-4-3-5-15(16)19(20)22-18/h3-10,17,24H,11-12H2,1-2H3,(H2,20,21,22)/t17-/m0/s1. The molecule has 0 aliphatic carbocycles. The topological polar surface area (TPSA) is 84.5 Å². The highest BCUT2D eigenvalue weighted by atomic mass is 16.5. The molecule has 3 rings (SSSR count). The molecule has 25 heavy (non-hydrogen) atoms. The lowest BCUT2D eigenvalue weighted by molar-refractivity contribution is 0.140. The number of para-hydroxylation sites is 1. The number of anilines is 1. The third kappa shape index (κ3) is 3.70. The van der Waals surface area contributed by atoms with E-state index in [4.69, 9.17) is 10.5 Å². The number of likely N-dealkylation sites (N-methyl/N-ethyl adjacent to an activating group) is 1. The summed E-state index contributed by atoms with van der Waals surface area (Å²) in [6, 6.07) is 15.2. The monoisotopic (exact) mass is 338 g/mol. The predicted octanol–water partition coefficient (Wildman–Crippen LogP) is 2.39. The Morgan fingerprint density at radius 1 is 1.12 bits per heavy atom. The molecule has 6 heteroatoms. The number of hydrogen-bond donors (Lipinski definition) is 2. The number of aliphatic hydroxyl groups excluding tert-OH is 1. The molecule has 0 radical (unpaired) electrons. The van der Waals surface area contributed by atoms with Crippen LogP contribution in [-0.2, 0) is 6.54 Å². The fourth-order valence-electron chi connectivity index (χ4n) is 2.88. The van der Waals surface area contributed by atoms with E-state index >= 15 is 0 Å². The minimum absolute atomic E-state index is 0.00804. The SMILES string of the molecule is COc1ccc([C@H](CO)N(C)Cc2nc(N)c3ccccc3n2)cc1. The van der Waals surface area contributed by atoms with Gasteiger partial charge in [-0.05, 0) is 36.9 Å². The van der Waals surface area contributed by atoms with Crippen molar-refractivity contribution in [1.82, 2.24) is 14.9 Å². The number of ether oxygens (including phenoxy) is 1. The van der Waals surface area contributed by atoms with Crippen molar-refractivity contribution >= 4 is 16.7 Å². The molecule has 1 heterocycles. The van der Waals surface area contributed by atoms with Gasteiger partial charge in [0.2, 0.25) is 0 Å². The fourth-order valence-corrected chi connectivity index (χ4v) is 2.88. The quantitative estimate of drug-likeness (QED) is 0.718. The van der Waals surface area contributed by atoms with Gasteiger partial charge in [0.15, 0.2) is 0 Å². The fraction of sp³-hybridized carbons (Fsp3) is 0.263. The second kappa shape index (κ2) is 7.46. The van der Waals surface area contributed by atoms with Gasteiger partial charge >= 0.3 is 0 Å². The third-order valence-corrected chi connectivity index (χ3v) is 4.28. The summed E-state index contributed by atoms with van der Waals surface area (Å²) >= 11 is 0. The maximum Gasteiger partial charge on any atom is 0.145 e. The number of nitrogens with zero attached hydrogens (tertiary/aromatic N) is 3. The van der Waals surface area contributed by atoms with Gasteiger partial charge in [-0.15, -0.1) is 0 Å². The minimum Gasteiger partial charge on any atom is -0.497 e. The lowest BCUT2D eigenvalue weighted by atomic mass is 10.1. The Kier molecular flexibility index (Phi) is 5.11. The number of benzene rings is 2. The van der Waals surface area contributed by atoms with Crippen LogP contribution >= 0.6 is 0 Å². The summed E-state index contributed by atoms with van der Waals surface area (Å²) in [5.41, 5.74) is 7.87. The Bertz CT molecular complexity index is 852. The van der Waals surface area contributed by atoms with Crippen molar-refractivity contribution in [3.8, 4) is 5.75 Å². The van der Waals surface area contributed by atoms with E-state index in [1.54, 1.807) is 7.11 Å². The van der Waals surface area contributed by atoms with Gasteiger partial charge in [-0.2, -0.15) is 0 Å². The molecule has 130 valence electrons. The molecular formula is C19H22N4O2. The van der Waals surface area contributed by atoms with E-state index in [0.717, 1.165) is 22.2 Å². The molecule has 1 aromatic heterocycles. The first-order valence-electron chi connectivity index (χ1n) is 8.08. The smallest absolute Gasteiger partial charge is 0.145 e. The molecule has 0 saturated heterocycles. The lowest BCUT2D eigenvalue weighted by Crippen LogP contribution is -2.28. The van der Waals surface area contributed by atoms with E-state index in [1.807, 2.05) is 60.5 Å². The van der Waals surface area contributed by atoms with Crippen LogP contribution in [0.1, 0.15) is 17.4 Å². The van der Waals surface area contributed by atoms with Crippen LogP contribution in [0, 0.1) is 0 Å². The summed E-state index contributed by atoms with van der Waals surface area (Å²) in [7, 11) is 3.56. The Balaban J connectivity index is 1.82. The predicted molar refractivity (Wildman–Crippen MR) is 98.2 cm³/mol. The number of fused-ring (bicyclic) bond motifs is 1. The van der Waals surface area contributed by atoms with E-state index in [2.05, 4.69) is 9.97 Å². The van der Waals surface area contributed by atoms with Crippen LogP contribution in [0.25, 0.3) is 10.9 Å². The second-order valence-electron chi connectivity index (χ2n) is 5.93. The van der Waals surface area contributed by atoms with Gasteiger partial charge in [-0.1, -0.05) is 24.3 Å². The number of hydrogen-bond acceptors (Lipinski definition) is 6. The van der Waals surface area contributed by atoms with Gasteiger partial charge in [-0.3, -0.25) is 4.90 Å². The summed E-state index contributed by atoms with van der Waals surface area (Å²) in [6.45, 7) is 0.470. The third-order valence-electron chi connectivity index (χ3n) is 4.28. The Morgan fingerprint density at radius 3 is 2.52 bits per heavy atom. The molecule has 0 unspecified atom stereocenters. The number of rotatable bonds is 6. The van der Waals surface area contributed by atoms with Crippen molar-refractivity contribution in [3.63, 3.8) is 0 Å². The number of nitrogen functional groups attached to an aromatic ring is 1. The van der Waals surface area contributed by atoms with Crippen molar-refractivity contribution in [2.24, 2.45) is 0 Å². The van der Waals surface area contributed by atoms with Gasteiger partial charge < -0.3 is 15.6 Å². The highest BCUT2D eigenvalue weighted by Crippen LogP contribution is 2.24. The van der Waals surface area contributed by atoms with E-state index in [0.29, 0.717) is 18.2 Å². The average Bonchev–Trinajstić information content (AvgIpc) is 2.63. The highest BCUT2D eigenvalue weighted by Gasteiger charge is 2.18. The zero-order valence-corrected chi connectivity index (χ0v) is 14.4. The molecule has 0 fully saturated rings. The van der Waals surface area contributed by atoms with Gasteiger partial charge in [0.25, 0.3) is 0 Å². The van der Waals surface area contributed by atoms with Crippen LogP contribution in [0.3, 0.4) is 0 Å². The lowest BCUT2D eigenvalue weighted by Gasteiger charge is -2.26. The molecule has 2 aromatic carbocycles. The first-order chi connectivity index (χ1) is 12.1. The average molecular weight is 338 g/mol. The summed E-state index contributed by atoms with van der Waals surface area (Å²) in [5, 5.41) is 10.7. The molecule has 0 bridgehead atoms. The van der Waals surface area contributed by atoms with Crippen LogP contribution in [0.15, 0.2) is 48.5 Å². The Labute approximate surface area is 146 Å². The van der Waals surface area contributed by atoms with Crippen LogP contribution in [-0.4, -0.2) is 40.7 Å². The summed E-state index contributed by atoms with van der Waals surface area (Å²) in [6.07, 6.45) is 0. The maximum absolute atomic E-state index is 9.84. The molecule has 0 aliphatic rings. The van der Waals surface area contributed by atoms with Crippen LogP contribution < -0.4 is 10.5 Å². The first-order valence-corrected chi connectivity index (χ1v) is 8.08. The van der Waals surface area contributed by atoms with Gasteiger partial charge in [0.05, 0.1) is 31.8 Å². The molecule has 3 aromatic rings. The summed E-state index contributed by atoms with van der Waals surface area (Å²) in [5.74, 6) is 1.89. The molecule has 3 N–H and O–H groups in total. The number of aliphatic hydroxyl groups is 1. The van der Waals surface area contributed by atoms with E-state index < -0.39 is 0 Å². The van der Waals surface area contributed by atoms with Crippen molar-refractivity contribution in [1.29, 1.82) is 0 Å². The number of nitrogens with two attached hydrogens (primary N) is 1. The van der Waals surface area contributed by atoms with Gasteiger partial charge in [0.1, 0.15) is 17.4 Å².